The van der Waals surface area contributed by atoms with Crippen molar-refractivity contribution < 1.29 is 105 Å². The molecule has 4 nitrogen and oxygen atoms in total. The molecule has 5 heterocycles. The smallest absolute Gasteiger partial charge is 0.353 e. The lowest BCUT2D eigenvalue weighted by molar-refractivity contribution is -0.159. The number of halogens is 24. The maximum absolute atomic E-state index is 16.7. The van der Waals surface area contributed by atoms with Crippen molar-refractivity contribution in [3.05, 3.63) is 160 Å². The largest absolute Gasteiger partial charge is 0.419 e. The quantitative estimate of drug-likeness (QED) is 0.173. The van der Waals surface area contributed by atoms with Crippen LogP contribution in [0.5, 0.6) is 0 Å². The number of H-pyrrole nitrogens is 2. The zero-order valence-electron chi connectivity index (χ0n) is 49.6. The summed E-state index contributed by atoms with van der Waals surface area (Å²) in [6, 6.07) is 7.52. The molecule has 0 amide bonds. The summed E-state index contributed by atoms with van der Waals surface area (Å²) >= 11 is 0. The summed E-state index contributed by atoms with van der Waals surface area (Å²) < 4.78 is 400. The number of alkyl halides is 24. The number of aromatic amines is 2. The van der Waals surface area contributed by atoms with E-state index in [1.54, 1.807) is 9.97 Å². The third kappa shape index (κ3) is 11.5. The van der Waals surface area contributed by atoms with Crippen LogP contribution in [0.3, 0.4) is 0 Å². The van der Waals surface area contributed by atoms with E-state index in [9.17, 15) is 0 Å². The molecule has 0 unspecified atom stereocenters. The second kappa shape index (κ2) is 21.7. The normalized spacial score (nSPS) is 14.2. The lowest BCUT2D eigenvalue weighted by Gasteiger charge is -2.20. The van der Waals surface area contributed by atoms with Gasteiger partial charge in [-0.25, -0.2) is 9.97 Å². The van der Waals surface area contributed by atoms with E-state index < -0.39 is 228 Å². The van der Waals surface area contributed by atoms with Crippen molar-refractivity contribution in [1.29, 1.82) is 0 Å². The van der Waals surface area contributed by atoms with Crippen LogP contribution in [0.25, 0.3) is 88.9 Å². The van der Waals surface area contributed by atoms with Crippen LogP contribution < -0.4 is 0 Å². The Morgan fingerprint density at radius 2 is 0.359 bits per heavy atom. The molecule has 92 heavy (non-hydrogen) atoms. The van der Waals surface area contributed by atoms with Crippen molar-refractivity contribution in [2.24, 2.45) is 0 Å². The molecular formula is C64H46F24N4. The number of aryl methyl sites for hydroxylation is 12. The zero-order chi connectivity index (χ0) is 69.3. The van der Waals surface area contributed by atoms with Gasteiger partial charge in [-0.05, 0) is 150 Å². The number of nitrogens with one attached hydrogen (secondary N) is 2. The van der Waals surface area contributed by atoms with Gasteiger partial charge in [0.05, 0.1) is 89.4 Å². The maximum Gasteiger partial charge on any atom is 0.419 e. The number of hydrogen-bond acceptors (Lipinski definition) is 2. The molecule has 4 aromatic carbocycles. The van der Waals surface area contributed by atoms with E-state index >= 15 is 105 Å². The van der Waals surface area contributed by atoms with Gasteiger partial charge in [-0.1, -0.05) is 70.8 Å². The Labute approximate surface area is 505 Å². The first kappa shape index (κ1) is 68.2. The Kier molecular flexibility index (Phi) is 16.1. The van der Waals surface area contributed by atoms with Crippen molar-refractivity contribution >= 4 is 44.4 Å². The van der Waals surface area contributed by atoms with Gasteiger partial charge in [0, 0.05) is 22.3 Å². The highest BCUT2D eigenvalue weighted by Crippen LogP contribution is 2.61. The van der Waals surface area contributed by atoms with Crippen LogP contribution in [0.15, 0.2) is 48.5 Å². The first-order chi connectivity index (χ1) is 41.7. The minimum Gasteiger partial charge on any atom is -0.353 e. The van der Waals surface area contributed by atoms with Crippen molar-refractivity contribution in [2.45, 2.75) is 132 Å². The topological polar surface area (TPSA) is 57.4 Å². The molecule has 2 N–H and O–H groups in total. The molecule has 0 saturated carbocycles. The van der Waals surface area contributed by atoms with Gasteiger partial charge < -0.3 is 9.97 Å². The van der Waals surface area contributed by atoms with Crippen molar-refractivity contribution in [3.8, 4) is 44.5 Å². The Bertz CT molecular complexity index is 3900. The number of rotatable bonds is 4. The average Bonchev–Trinajstić information content (AvgIpc) is 1.53. The number of fused-ring (bicyclic) bond motifs is 8. The van der Waals surface area contributed by atoms with E-state index in [0.29, 0.717) is 0 Å². The first-order valence-corrected chi connectivity index (χ1v) is 27.0. The molecule has 2 aliphatic heterocycles. The molecule has 0 spiro atoms. The van der Waals surface area contributed by atoms with Crippen LogP contribution in [0.4, 0.5) is 105 Å². The molecule has 0 aliphatic carbocycles. The second-order valence-electron chi connectivity index (χ2n) is 22.9. The third-order valence-electron chi connectivity index (χ3n) is 15.8. The molecule has 0 atom stereocenters. The van der Waals surface area contributed by atoms with Crippen molar-refractivity contribution in [1.82, 2.24) is 19.9 Å². The summed E-state index contributed by atoms with van der Waals surface area (Å²) in [4.78, 5) is 10.6. The Morgan fingerprint density at radius 3 is 0.478 bits per heavy atom. The number of benzene rings is 4. The molecule has 0 fully saturated rings. The minimum atomic E-state index is -6.75. The minimum absolute atomic E-state index is 0.0509. The van der Waals surface area contributed by atoms with Gasteiger partial charge in [-0.3, -0.25) is 0 Å². The highest BCUT2D eigenvalue weighted by atomic mass is 19.4. The highest BCUT2D eigenvalue weighted by Gasteiger charge is 2.58. The van der Waals surface area contributed by atoms with Gasteiger partial charge in [0.1, 0.15) is 0 Å². The van der Waals surface area contributed by atoms with Crippen molar-refractivity contribution in [2.75, 3.05) is 0 Å². The molecule has 9 rings (SSSR count). The molecular weight excluding hydrogens is 1280 g/mol. The molecule has 490 valence electrons. The number of aromatic nitrogens is 4. The summed E-state index contributed by atoms with van der Waals surface area (Å²) in [6.45, 7) is 12.0. The summed E-state index contributed by atoms with van der Waals surface area (Å²) in [5.41, 5.74) is -63.3. The predicted octanol–water partition coefficient (Wildman–Crippen LogP) is 22.8. The fourth-order valence-corrected chi connectivity index (χ4v) is 13.4. The number of allylic oxidation sites excluding steroid dienone is 4. The Hall–Kier alpha value is -8.20. The molecule has 3 aromatic heterocycles. The van der Waals surface area contributed by atoms with Crippen LogP contribution in [-0.2, 0) is 24.7 Å². The Balaban J connectivity index is 1.98. The lowest BCUT2D eigenvalue weighted by Crippen LogP contribution is -2.19. The van der Waals surface area contributed by atoms with E-state index in [1.807, 2.05) is 0 Å². The number of hydrogen-bond donors (Lipinski definition) is 2. The highest BCUT2D eigenvalue weighted by molar-refractivity contribution is 6.13. The summed E-state index contributed by atoms with van der Waals surface area (Å²) in [5.74, 6) is 0. The lowest BCUT2D eigenvalue weighted by atomic mass is 9.87. The SMILES string of the molecule is Cc1cc(C)c(-c2c3nc(c(-c4c(C)cc(C)cc4C)c4[nH]c(c(-c5c(C)cc(C)cc5C)c5nc(c(-c6c(C)cc(C)cc6C)c6[nH]c2c(C(F)(F)F)c6C(F)(F)F)C(C(F)(F)F)=C5C(F)(F)F)c(C(F)(F)F)c4C(F)(F)F)C(C(F)(F)F)=C3C(F)(F)F)c(C)c1. The molecule has 8 bridgehead atoms. The fourth-order valence-electron chi connectivity index (χ4n) is 13.4. The molecule has 28 heteroatoms. The van der Waals surface area contributed by atoms with Gasteiger partial charge in [0.15, 0.2) is 0 Å². The van der Waals surface area contributed by atoms with E-state index in [-0.39, 0.29) is 22.3 Å². The van der Waals surface area contributed by atoms with Crippen LogP contribution in [0.2, 0.25) is 0 Å². The van der Waals surface area contributed by atoms with Crippen LogP contribution in [-0.4, -0.2) is 44.6 Å². The third-order valence-corrected chi connectivity index (χ3v) is 15.8. The molecule has 0 saturated heterocycles. The van der Waals surface area contributed by atoms with Gasteiger partial charge in [-0.15, -0.1) is 0 Å². The van der Waals surface area contributed by atoms with Gasteiger partial charge in [0.2, 0.25) is 0 Å². The van der Waals surface area contributed by atoms with E-state index in [2.05, 4.69) is 9.97 Å². The van der Waals surface area contributed by atoms with Gasteiger partial charge in [-0.2, -0.15) is 105 Å². The maximum atomic E-state index is 16.7. The summed E-state index contributed by atoms with van der Waals surface area (Å²) in [5, 5.41) is 0. The monoisotopic (exact) mass is 1330 g/mol. The second-order valence-corrected chi connectivity index (χ2v) is 22.9. The first-order valence-electron chi connectivity index (χ1n) is 27.0. The fraction of sp³-hybridized carbons (Fsp3) is 0.312. The van der Waals surface area contributed by atoms with Gasteiger partial charge >= 0.3 is 49.4 Å². The number of nitrogens with zero attached hydrogens (tertiary/aromatic N) is 2. The van der Waals surface area contributed by atoms with Gasteiger partial charge in [0.25, 0.3) is 0 Å². The van der Waals surface area contributed by atoms with Crippen LogP contribution in [0, 0.1) is 83.1 Å². The zero-order valence-corrected chi connectivity index (χ0v) is 49.6. The predicted molar refractivity (Wildman–Crippen MR) is 297 cm³/mol. The van der Waals surface area contributed by atoms with E-state index in [4.69, 9.17) is 0 Å². The van der Waals surface area contributed by atoms with E-state index in [1.165, 1.54) is 27.7 Å². The van der Waals surface area contributed by atoms with Crippen LogP contribution in [0.1, 0.15) is 112 Å². The Morgan fingerprint density at radius 1 is 0.217 bits per heavy atom. The molecule has 0 radical (unpaired) electrons. The van der Waals surface area contributed by atoms with Crippen molar-refractivity contribution in [3.63, 3.8) is 0 Å². The molecule has 2 aliphatic rings. The van der Waals surface area contributed by atoms with E-state index in [0.717, 1.165) is 104 Å². The molecule has 7 aromatic rings. The average molecular weight is 1330 g/mol. The van der Waals surface area contributed by atoms with Crippen LogP contribution >= 0.6 is 0 Å². The summed E-state index contributed by atoms with van der Waals surface area (Å²) in [7, 11) is 0. The summed E-state index contributed by atoms with van der Waals surface area (Å²) in [6.07, 6.45) is -54.0. The standard InChI is InChI=1S/C64H46F24N4/c1-21-13-25(5)33(26(6)14-21)37-49-41(57(65,66)67)43(59(71,72)73)51(89-49)38(34-27(7)15-22(2)16-28(34)8)53-45(61(77,78)79)47(63(83,84)85)55(91-53)40(36-31(11)19-24(4)20-32(36)12)56-48(64(86,87)88)46(62(80,81)82)54(92-56)39(35-29(9)17-23(3)18-30(35)10)52-44(60(74,75)76)42(50(37)90-52)58(68,69)70/h13-20,89,92H,1-12H3.